The number of nitrogens with one attached hydrogen (secondary N) is 2. The number of hydrogen-bond donors (Lipinski definition) is 2. The molecule has 1 aromatic carbocycles. The molecule has 0 radical (unpaired) electrons. The Morgan fingerprint density at radius 1 is 1.30 bits per heavy atom. The van der Waals surface area contributed by atoms with Crippen molar-refractivity contribution < 1.29 is 14.0 Å². The molecule has 0 spiro atoms. The number of amides is 2. The smallest absolute Gasteiger partial charge is 0.313 e. The van der Waals surface area contributed by atoms with Crippen LogP contribution in [0.1, 0.15) is 36.0 Å². The minimum absolute atomic E-state index is 0.178. The van der Waals surface area contributed by atoms with Crippen LogP contribution in [0.25, 0.3) is 0 Å². The molecular formula is C16H18FN3O2S. The summed E-state index contributed by atoms with van der Waals surface area (Å²) in [7, 11) is 0. The van der Waals surface area contributed by atoms with Crippen LogP contribution >= 0.6 is 11.3 Å². The van der Waals surface area contributed by atoms with E-state index in [1.54, 1.807) is 13.0 Å². The zero-order chi connectivity index (χ0) is 17.0. The number of anilines is 1. The summed E-state index contributed by atoms with van der Waals surface area (Å²) in [5.41, 5.74) is 1.42. The Kier molecular flexibility index (Phi) is 5.44. The van der Waals surface area contributed by atoms with Crippen LogP contribution in [0, 0.1) is 12.7 Å². The lowest BCUT2D eigenvalue weighted by Crippen LogP contribution is -2.35. The number of nitrogens with zero attached hydrogens (tertiary/aromatic N) is 1. The average Bonchev–Trinajstić information content (AvgIpc) is 2.97. The summed E-state index contributed by atoms with van der Waals surface area (Å²) in [6, 6.07) is 4.25. The first-order valence-electron chi connectivity index (χ1n) is 7.16. The first-order chi connectivity index (χ1) is 10.9. The Hall–Kier alpha value is -2.28. The standard InChI is InChI=1S/C16H18FN3O2S/c1-9(2)16-20-12(8-23-16)7-18-14(21)15(22)19-11-5-4-10(3)13(17)6-11/h4-6,8-9H,7H2,1-3H3,(H,18,21)(H,19,22). The maximum Gasteiger partial charge on any atom is 0.313 e. The Labute approximate surface area is 137 Å². The molecule has 0 aliphatic heterocycles. The zero-order valence-corrected chi connectivity index (χ0v) is 14.0. The summed E-state index contributed by atoms with van der Waals surface area (Å²) in [4.78, 5) is 27.9. The largest absolute Gasteiger partial charge is 0.342 e. The van der Waals surface area contributed by atoms with Gasteiger partial charge in [0.15, 0.2) is 0 Å². The Morgan fingerprint density at radius 2 is 2.04 bits per heavy atom. The molecule has 2 amide bonds. The van der Waals surface area contributed by atoms with Crippen LogP contribution in [0.5, 0.6) is 0 Å². The molecule has 0 unspecified atom stereocenters. The molecule has 1 heterocycles. The van der Waals surface area contributed by atoms with E-state index < -0.39 is 17.6 Å². The molecule has 2 N–H and O–H groups in total. The summed E-state index contributed by atoms with van der Waals surface area (Å²) in [5.74, 6) is -1.74. The molecule has 122 valence electrons. The quantitative estimate of drug-likeness (QED) is 0.844. The van der Waals surface area contributed by atoms with Crippen LogP contribution in [-0.2, 0) is 16.1 Å². The number of benzene rings is 1. The highest BCUT2D eigenvalue weighted by molar-refractivity contribution is 7.09. The van der Waals surface area contributed by atoms with Gasteiger partial charge in [-0.2, -0.15) is 0 Å². The molecule has 0 fully saturated rings. The maximum absolute atomic E-state index is 13.4. The van der Waals surface area contributed by atoms with E-state index in [1.807, 2.05) is 19.2 Å². The zero-order valence-electron chi connectivity index (χ0n) is 13.1. The van der Waals surface area contributed by atoms with Crippen LogP contribution in [0.4, 0.5) is 10.1 Å². The third kappa shape index (κ3) is 4.59. The van der Waals surface area contributed by atoms with E-state index in [-0.39, 0.29) is 12.2 Å². The van der Waals surface area contributed by atoms with E-state index in [0.29, 0.717) is 17.2 Å². The Balaban J connectivity index is 1.89. The number of aryl methyl sites for hydroxylation is 1. The summed E-state index contributed by atoms with van der Waals surface area (Å²) < 4.78 is 13.4. The van der Waals surface area contributed by atoms with Gasteiger partial charge in [-0.05, 0) is 24.6 Å². The monoisotopic (exact) mass is 335 g/mol. The molecule has 1 aromatic heterocycles. The lowest BCUT2D eigenvalue weighted by molar-refractivity contribution is -0.136. The minimum atomic E-state index is -0.840. The average molecular weight is 335 g/mol. The van der Waals surface area contributed by atoms with Gasteiger partial charge in [-0.15, -0.1) is 11.3 Å². The second-order valence-corrected chi connectivity index (χ2v) is 6.32. The first-order valence-corrected chi connectivity index (χ1v) is 8.04. The molecule has 0 saturated carbocycles. The second kappa shape index (κ2) is 7.32. The van der Waals surface area contributed by atoms with Gasteiger partial charge >= 0.3 is 11.8 Å². The minimum Gasteiger partial charge on any atom is -0.342 e. The Morgan fingerprint density at radius 3 is 2.65 bits per heavy atom. The molecule has 0 aliphatic rings. The third-order valence-corrected chi connectivity index (χ3v) is 4.32. The number of carbonyl (C=O) groups is 2. The van der Waals surface area contributed by atoms with Crippen molar-refractivity contribution in [3.8, 4) is 0 Å². The third-order valence-electron chi connectivity index (χ3n) is 3.13. The number of aromatic nitrogens is 1. The van der Waals surface area contributed by atoms with Crippen molar-refractivity contribution in [3.63, 3.8) is 0 Å². The predicted molar refractivity (Wildman–Crippen MR) is 87.8 cm³/mol. The predicted octanol–water partition coefficient (Wildman–Crippen LogP) is 2.97. The highest BCUT2D eigenvalue weighted by Gasteiger charge is 2.15. The molecular weight excluding hydrogens is 317 g/mol. The van der Waals surface area contributed by atoms with Gasteiger partial charge in [0, 0.05) is 17.0 Å². The van der Waals surface area contributed by atoms with E-state index in [9.17, 15) is 14.0 Å². The highest BCUT2D eigenvalue weighted by atomic mass is 32.1. The van der Waals surface area contributed by atoms with Gasteiger partial charge in [0.1, 0.15) is 5.82 Å². The van der Waals surface area contributed by atoms with Gasteiger partial charge in [0.2, 0.25) is 0 Å². The molecule has 5 nitrogen and oxygen atoms in total. The molecule has 2 rings (SSSR count). The van der Waals surface area contributed by atoms with Crippen molar-refractivity contribution in [1.29, 1.82) is 0 Å². The fourth-order valence-electron chi connectivity index (χ4n) is 1.78. The summed E-state index contributed by atoms with van der Waals surface area (Å²) in [5, 5.41) is 7.69. The van der Waals surface area contributed by atoms with Crippen LogP contribution in [0.2, 0.25) is 0 Å². The molecule has 2 aromatic rings. The van der Waals surface area contributed by atoms with Crippen LogP contribution < -0.4 is 10.6 Å². The van der Waals surface area contributed by atoms with Crippen molar-refractivity contribution in [2.24, 2.45) is 0 Å². The van der Waals surface area contributed by atoms with Crippen LogP contribution in [-0.4, -0.2) is 16.8 Å². The number of rotatable bonds is 4. The molecule has 23 heavy (non-hydrogen) atoms. The number of halogens is 1. The van der Waals surface area contributed by atoms with E-state index in [0.717, 1.165) is 5.01 Å². The summed E-state index contributed by atoms with van der Waals surface area (Å²) >= 11 is 1.52. The van der Waals surface area contributed by atoms with Crippen molar-refractivity contribution in [2.45, 2.75) is 33.2 Å². The molecule has 7 heteroatoms. The lowest BCUT2D eigenvalue weighted by Gasteiger charge is -2.06. The lowest BCUT2D eigenvalue weighted by atomic mass is 10.2. The van der Waals surface area contributed by atoms with Crippen molar-refractivity contribution in [3.05, 3.63) is 45.7 Å². The summed E-state index contributed by atoms with van der Waals surface area (Å²) in [6.45, 7) is 5.87. The SMILES string of the molecule is Cc1ccc(NC(=O)C(=O)NCc2csc(C(C)C)n2)cc1F. The number of hydrogen-bond acceptors (Lipinski definition) is 4. The van der Waals surface area contributed by atoms with Gasteiger partial charge in [0.25, 0.3) is 0 Å². The molecule has 0 bridgehead atoms. The first kappa shape index (κ1) is 17.1. The van der Waals surface area contributed by atoms with E-state index in [4.69, 9.17) is 0 Å². The highest BCUT2D eigenvalue weighted by Crippen LogP contribution is 2.19. The van der Waals surface area contributed by atoms with Crippen LogP contribution in [0.3, 0.4) is 0 Å². The topological polar surface area (TPSA) is 71.1 Å². The van der Waals surface area contributed by atoms with Gasteiger partial charge < -0.3 is 10.6 Å². The van der Waals surface area contributed by atoms with Gasteiger partial charge in [-0.1, -0.05) is 19.9 Å². The van der Waals surface area contributed by atoms with Crippen LogP contribution in [0.15, 0.2) is 23.6 Å². The van der Waals surface area contributed by atoms with Crippen molar-refractivity contribution in [2.75, 3.05) is 5.32 Å². The number of carbonyl (C=O) groups excluding carboxylic acids is 2. The van der Waals surface area contributed by atoms with E-state index in [2.05, 4.69) is 15.6 Å². The van der Waals surface area contributed by atoms with Gasteiger partial charge in [-0.3, -0.25) is 9.59 Å². The Bertz CT molecular complexity index is 728. The maximum atomic E-state index is 13.4. The van der Waals surface area contributed by atoms with Gasteiger partial charge in [0.05, 0.1) is 17.2 Å². The molecule has 0 aliphatic carbocycles. The van der Waals surface area contributed by atoms with E-state index >= 15 is 0 Å². The van der Waals surface area contributed by atoms with E-state index in [1.165, 1.54) is 23.5 Å². The fraction of sp³-hybridized carbons (Fsp3) is 0.312. The number of thiazole rings is 1. The fourth-order valence-corrected chi connectivity index (χ4v) is 2.61. The molecule has 0 saturated heterocycles. The van der Waals surface area contributed by atoms with Gasteiger partial charge in [-0.25, -0.2) is 9.37 Å². The molecule has 0 atom stereocenters. The van der Waals surface area contributed by atoms with Crippen molar-refractivity contribution >= 4 is 28.8 Å². The summed E-state index contributed by atoms with van der Waals surface area (Å²) in [6.07, 6.45) is 0. The van der Waals surface area contributed by atoms with Crippen molar-refractivity contribution in [1.82, 2.24) is 10.3 Å². The second-order valence-electron chi connectivity index (χ2n) is 5.43. The normalized spacial score (nSPS) is 10.7.